The highest BCUT2D eigenvalue weighted by molar-refractivity contribution is 6.35. The number of ether oxygens (including phenoxy) is 1. The minimum absolute atomic E-state index is 0.270. The van der Waals surface area contributed by atoms with Gasteiger partial charge in [-0.15, -0.1) is 0 Å². The van der Waals surface area contributed by atoms with Crippen molar-refractivity contribution in [2.75, 3.05) is 12.4 Å². The van der Waals surface area contributed by atoms with E-state index < -0.39 is 0 Å². The molecule has 100 valence electrons. The Morgan fingerprint density at radius 1 is 1.16 bits per heavy atom. The number of hydrogen-bond donors (Lipinski definition) is 1. The molecule has 0 atom stereocenters. The maximum absolute atomic E-state index is 12.8. The molecule has 19 heavy (non-hydrogen) atoms. The fraction of sp³-hybridized carbons (Fsp3) is 0.143. The van der Waals surface area contributed by atoms with Gasteiger partial charge in [0.25, 0.3) is 0 Å². The van der Waals surface area contributed by atoms with Crippen molar-refractivity contribution in [2.45, 2.75) is 6.54 Å². The van der Waals surface area contributed by atoms with Crippen LogP contribution in [0.15, 0.2) is 36.4 Å². The Labute approximate surface area is 121 Å². The Hall–Kier alpha value is -1.45. The number of halogens is 3. The van der Waals surface area contributed by atoms with E-state index in [4.69, 9.17) is 27.9 Å². The molecule has 0 heterocycles. The Balaban J connectivity index is 2.17. The summed E-state index contributed by atoms with van der Waals surface area (Å²) in [6, 6.07) is 9.52. The molecule has 0 amide bonds. The zero-order valence-electron chi connectivity index (χ0n) is 10.2. The van der Waals surface area contributed by atoms with Crippen LogP contribution in [0.5, 0.6) is 5.75 Å². The van der Waals surface area contributed by atoms with E-state index in [0.29, 0.717) is 22.3 Å². The lowest BCUT2D eigenvalue weighted by Gasteiger charge is -2.12. The average Bonchev–Trinajstić information content (AvgIpc) is 2.37. The number of benzene rings is 2. The lowest BCUT2D eigenvalue weighted by molar-refractivity contribution is 0.410. The highest BCUT2D eigenvalue weighted by Crippen LogP contribution is 2.32. The summed E-state index contributed by atoms with van der Waals surface area (Å²) in [7, 11) is 1.55. The lowest BCUT2D eigenvalue weighted by Crippen LogP contribution is -2.02. The van der Waals surface area contributed by atoms with Crippen molar-refractivity contribution in [1.29, 1.82) is 0 Å². The van der Waals surface area contributed by atoms with E-state index >= 15 is 0 Å². The van der Waals surface area contributed by atoms with Crippen molar-refractivity contribution in [3.63, 3.8) is 0 Å². The summed E-state index contributed by atoms with van der Waals surface area (Å²) in [5.74, 6) is 0.314. The number of rotatable bonds is 4. The summed E-state index contributed by atoms with van der Waals surface area (Å²) in [4.78, 5) is 0. The molecule has 0 fully saturated rings. The van der Waals surface area contributed by atoms with Gasteiger partial charge >= 0.3 is 0 Å². The minimum atomic E-state index is -0.270. The SMILES string of the molecule is COc1c(Cl)cc(Cl)cc1CNc1ccc(F)cc1. The molecule has 2 aromatic carbocycles. The van der Waals surface area contributed by atoms with Gasteiger partial charge in [-0.05, 0) is 36.4 Å². The van der Waals surface area contributed by atoms with Crippen LogP contribution in [0.3, 0.4) is 0 Å². The average molecular weight is 300 g/mol. The van der Waals surface area contributed by atoms with E-state index in [9.17, 15) is 4.39 Å². The molecule has 0 saturated carbocycles. The molecular formula is C14H12Cl2FNO. The maximum Gasteiger partial charge on any atom is 0.142 e. The second kappa shape index (κ2) is 6.13. The molecule has 0 aliphatic rings. The first-order valence-electron chi connectivity index (χ1n) is 5.61. The summed E-state index contributed by atoms with van der Waals surface area (Å²) >= 11 is 12.0. The summed E-state index contributed by atoms with van der Waals surface area (Å²) in [6.07, 6.45) is 0. The third-order valence-electron chi connectivity index (χ3n) is 2.62. The van der Waals surface area contributed by atoms with Crippen LogP contribution < -0.4 is 10.1 Å². The van der Waals surface area contributed by atoms with E-state index in [1.54, 1.807) is 31.4 Å². The molecule has 0 unspecified atom stereocenters. The molecular weight excluding hydrogens is 288 g/mol. The van der Waals surface area contributed by atoms with E-state index in [1.165, 1.54) is 12.1 Å². The summed E-state index contributed by atoms with van der Waals surface area (Å²) in [6.45, 7) is 0.481. The molecule has 0 aromatic heterocycles. The molecule has 0 bridgehead atoms. The molecule has 2 rings (SSSR count). The fourth-order valence-corrected chi connectivity index (χ4v) is 2.35. The van der Waals surface area contributed by atoms with Gasteiger partial charge in [0, 0.05) is 22.8 Å². The van der Waals surface area contributed by atoms with Crippen molar-refractivity contribution in [3.8, 4) is 5.75 Å². The van der Waals surface area contributed by atoms with E-state index in [1.807, 2.05) is 0 Å². The number of anilines is 1. The zero-order valence-corrected chi connectivity index (χ0v) is 11.7. The number of methoxy groups -OCH3 is 1. The zero-order chi connectivity index (χ0) is 13.8. The van der Waals surface area contributed by atoms with Crippen LogP contribution in [0.1, 0.15) is 5.56 Å². The molecule has 0 aliphatic heterocycles. The molecule has 0 spiro atoms. The van der Waals surface area contributed by atoms with Crippen LogP contribution in [0.2, 0.25) is 10.0 Å². The van der Waals surface area contributed by atoms with Gasteiger partial charge in [0.15, 0.2) is 0 Å². The Kier molecular flexibility index (Phi) is 4.51. The van der Waals surface area contributed by atoms with Crippen LogP contribution in [-0.2, 0) is 6.54 Å². The van der Waals surface area contributed by atoms with Gasteiger partial charge < -0.3 is 10.1 Å². The van der Waals surface area contributed by atoms with Crippen LogP contribution in [0, 0.1) is 5.82 Å². The first kappa shape index (κ1) is 14.0. The second-order valence-corrected chi connectivity index (χ2v) is 4.78. The second-order valence-electron chi connectivity index (χ2n) is 3.94. The smallest absolute Gasteiger partial charge is 0.142 e. The van der Waals surface area contributed by atoms with Crippen LogP contribution in [0.4, 0.5) is 10.1 Å². The molecule has 2 aromatic rings. The van der Waals surface area contributed by atoms with Gasteiger partial charge in [0.05, 0.1) is 12.1 Å². The molecule has 0 aliphatic carbocycles. The predicted octanol–water partition coefficient (Wildman–Crippen LogP) is 4.75. The third kappa shape index (κ3) is 3.52. The summed E-state index contributed by atoms with van der Waals surface area (Å²) in [5.41, 5.74) is 1.64. The lowest BCUT2D eigenvalue weighted by atomic mass is 10.2. The van der Waals surface area contributed by atoms with Gasteiger partial charge in [-0.25, -0.2) is 4.39 Å². The van der Waals surface area contributed by atoms with Crippen LogP contribution in [-0.4, -0.2) is 7.11 Å². The molecule has 0 saturated heterocycles. The standard InChI is InChI=1S/C14H12Cl2FNO/c1-19-14-9(6-10(15)7-13(14)16)8-18-12-4-2-11(17)3-5-12/h2-7,18H,8H2,1H3. The van der Waals surface area contributed by atoms with E-state index in [0.717, 1.165) is 11.3 Å². The normalized spacial score (nSPS) is 10.3. The van der Waals surface area contributed by atoms with Crippen molar-refractivity contribution < 1.29 is 9.13 Å². The predicted molar refractivity (Wildman–Crippen MR) is 76.7 cm³/mol. The first-order chi connectivity index (χ1) is 9.10. The van der Waals surface area contributed by atoms with Crippen molar-refractivity contribution in [2.24, 2.45) is 0 Å². The fourth-order valence-electron chi connectivity index (χ4n) is 1.74. The van der Waals surface area contributed by atoms with E-state index in [-0.39, 0.29) is 5.82 Å². The first-order valence-corrected chi connectivity index (χ1v) is 6.37. The number of nitrogens with one attached hydrogen (secondary N) is 1. The Morgan fingerprint density at radius 3 is 2.47 bits per heavy atom. The van der Waals surface area contributed by atoms with Crippen LogP contribution >= 0.6 is 23.2 Å². The van der Waals surface area contributed by atoms with Gasteiger partial charge in [-0.2, -0.15) is 0 Å². The molecule has 5 heteroatoms. The van der Waals surface area contributed by atoms with Crippen molar-refractivity contribution in [3.05, 3.63) is 57.8 Å². The van der Waals surface area contributed by atoms with Crippen LogP contribution in [0.25, 0.3) is 0 Å². The number of hydrogen-bond acceptors (Lipinski definition) is 2. The molecule has 0 radical (unpaired) electrons. The highest BCUT2D eigenvalue weighted by Gasteiger charge is 2.09. The topological polar surface area (TPSA) is 21.3 Å². The summed E-state index contributed by atoms with van der Waals surface area (Å²) < 4.78 is 18.0. The third-order valence-corrected chi connectivity index (χ3v) is 3.12. The van der Waals surface area contributed by atoms with Gasteiger partial charge in [0.2, 0.25) is 0 Å². The summed E-state index contributed by atoms with van der Waals surface area (Å²) in [5, 5.41) is 4.16. The Morgan fingerprint density at radius 2 is 1.84 bits per heavy atom. The molecule has 2 nitrogen and oxygen atoms in total. The Bertz CT molecular complexity index is 572. The van der Waals surface area contributed by atoms with Crippen molar-refractivity contribution >= 4 is 28.9 Å². The van der Waals surface area contributed by atoms with Gasteiger partial charge in [0.1, 0.15) is 11.6 Å². The quantitative estimate of drug-likeness (QED) is 0.879. The minimum Gasteiger partial charge on any atom is -0.495 e. The van der Waals surface area contributed by atoms with Gasteiger partial charge in [-0.3, -0.25) is 0 Å². The molecule has 1 N–H and O–H groups in total. The van der Waals surface area contributed by atoms with Crippen molar-refractivity contribution in [1.82, 2.24) is 0 Å². The van der Waals surface area contributed by atoms with E-state index in [2.05, 4.69) is 5.32 Å². The maximum atomic E-state index is 12.8. The van der Waals surface area contributed by atoms with Gasteiger partial charge in [-0.1, -0.05) is 23.2 Å². The largest absolute Gasteiger partial charge is 0.495 e. The highest BCUT2D eigenvalue weighted by atomic mass is 35.5. The monoisotopic (exact) mass is 299 g/mol.